The lowest BCUT2D eigenvalue weighted by Gasteiger charge is -2.26. The van der Waals surface area contributed by atoms with E-state index in [9.17, 15) is 4.79 Å². The van der Waals surface area contributed by atoms with Crippen molar-refractivity contribution in [3.05, 3.63) is 28.2 Å². The first-order valence-corrected chi connectivity index (χ1v) is 8.17. The Kier molecular flexibility index (Phi) is 5.81. The molecular formula is C16H20BrN3O2. The first-order chi connectivity index (χ1) is 10.5. The van der Waals surface area contributed by atoms with E-state index in [1.165, 1.54) is 0 Å². The number of aliphatic carboxylic acids is 1. The smallest absolute Gasteiger partial charge is 0.317 e. The van der Waals surface area contributed by atoms with Crippen LogP contribution in [0.4, 0.5) is 5.69 Å². The van der Waals surface area contributed by atoms with Crippen molar-refractivity contribution in [1.82, 2.24) is 4.90 Å². The lowest BCUT2D eigenvalue weighted by Crippen LogP contribution is -2.36. The zero-order chi connectivity index (χ0) is 16.1. The van der Waals surface area contributed by atoms with Crippen molar-refractivity contribution in [1.29, 1.82) is 5.26 Å². The molecule has 5 nitrogen and oxygen atoms in total. The maximum atomic E-state index is 10.8. The van der Waals surface area contributed by atoms with Gasteiger partial charge in [0.2, 0.25) is 0 Å². The Labute approximate surface area is 139 Å². The van der Waals surface area contributed by atoms with Gasteiger partial charge < -0.3 is 10.0 Å². The number of benzene rings is 1. The van der Waals surface area contributed by atoms with Crippen LogP contribution in [-0.2, 0) is 4.79 Å². The Balaban J connectivity index is 2.04. The second-order valence-corrected chi connectivity index (χ2v) is 6.51. The van der Waals surface area contributed by atoms with Crippen molar-refractivity contribution in [2.24, 2.45) is 0 Å². The molecule has 2 rings (SSSR count). The van der Waals surface area contributed by atoms with Gasteiger partial charge >= 0.3 is 5.97 Å². The molecule has 0 spiro atoms. The second kappa shape index (κ2) is 7.61. The van der Waals surface area contributed by atoms with Crippen molar-refractivity contribution in [2.75, 3.05) is 31.6 Å². The van der Waals surface area contributed by atoms with Gasteiger partial charge in [0.05, 0.1) is 23.9 Å². The van der Waals surface area contributed by atoms with Gasteiger partial charge in [0, 0.05) is 23.6 Å². The lowest BCUT2D eigenvalue weighted by atomic mass is 10.1. The summed E-state index contributed by atoms with van der Waals surface area (Å²) in [5, 5.41) is 17.9. The van der Waals surface area contributed by atoms with Crippen molar-refractivity contribution in [3.8, 4) is 6.07 Å². The molecule has 1 saturated heterocycles. The number of carbonyl (C=O) groups is 1. The molecule has 1 aromatic rings. The Hall–Kier alpha value is -1.58. The standard InChI is InChI=1S/C16H20BrN3O2/c1-19(11-16(21)22)13-3-2-7-20(8-6-13)15-5-4-12(10-18)9-14(15)17/h4-5,9,13H,2-3,6-8,11H2,1H3,(H,21,22). The fraction of sp³-hybridized carbons (Fsp3) is 0.500. The molecule has 0 radical (unpaired) electrons. The zero-order valence-electron chi connectivity index (χ0n) is 12.6. The highest BCUT2D eigenvalue weighted by molar-refractivity contribution is 9.10. The summed E-state index contributed by atoms with van der Waals surface area (Å²) in [6.07, 6.45) is 2.98. The summed E-state index contributed by atoms with van der Waals surface area (Å²) in [4.78, 5) is 15.1. The molecule has 1 unspecified atom stereocenters. The molecular weight excluding hydrogens is 346 g/mol. The minimum Gasteiger partial charge on any atom is -0.480 e. The van der Waals surface area contributed by atoms with Crippen molar-refractivity contribution < 1.29 is 9.90 Å². The predicted molar refractivity (Wildman–Crippen MR) is 89.0 cm³/mol. The average Bonchev–Trinajstić information content (AvgIpc) is 2.72. The quantitative estimate of drug-likeness (QED) is 0.888. The molecule has 118 valence electrons. The van der Waals surface area contributed by atoms with Crippen molar-refractivity contribution in [2.45, 2.75) is 25.3 Å². The Morgan fingerprint density at radius 2 is 2.27 bits per heavy atom. The van der Waals surface area contributed by atoms with Crippen molar-refractivity contribution in [3.63, 3.8) is 0 Å². The van der Waals surface area contributed by atoms with E-state index in [-0.39, 0.29) is 6.54 Å². The topological polar surface area (TPSA) is 67.6 Å². The molecule has 0 amide bonds. The third kappa shape index (κ3) is 4.21. The van der Waals surface area contributed by atoms with Crippen LogP contribution in [0.25, 0.3) is 0 Å². The molecule has 1 fully saturated rings. The number of hydrogen-bond acceptors (Lipinski definition) is 4. The molecule has 1 aliphatic heterocycles. The molecule has 0 aromatic heterocycles. The minimum atomic E-state index is -0.779. The van der Waals surface area contributed by atoms with E-state index >= 15 is 0 Å². The summed E-state index contributed by atoms with van der Waals surface area (Å²) >= 11 is 3.54. The average molecular weight is 366 g/mol. The van der Waals surface area contributed by atoms with E-state index in [2.05, 4.69) is 26.9 Å². The Morgan fingerprint density at radius 3 is 2.91 bits per heavy atom. The summed E-state index contributed by atoms with van der Waals surface area (Å²) in [6, 6.07) is 8.09. The molecule has 1 N–H and O–H groups in total. The Morgan fingerprint density at radius 1 is 1.50 bits per heavy atom. The van der Waals surface area contributed by atoms with E-state index in [4.69, 9.17) is 10.4 Å². The first kappa shape index (κ1) is 16.8. The highest BCUT2D eigenvalue weighted by Gasteiger charge is 2.22. The van der Waals surface area contributed by atoms with Crippen LogP contribution in [0.1, 0.15) is 24.8 Å². The van der Waals surface area contributed by atoms with E-state index in [1.807, 2.05) is 30.1 Å². The normalized spacial score (nSPS) is 18.8. The fourth-order valence-electron chi connectivity index (χ4n) is 2.94. The van der Waals surface area contributed by atoms with Crippen LogP contribution in [0.15, 0.2) is 22.7 Å². The molecule has 1 atom stereocenters. The lowest BCUT2D eigenvalue weighted by molar-refractivity contribution is -0.138. The molecule has 1 aliphatic rings. The number of likely N-dealkylation sites (N-methyl/N-ethyl adjacent to an activating group) is 1. The van der Waals surface area contributed by atoms with Gasteiger partial charge in [-0.25, -0.2) is 0 Å². The number of carboxylic acid groups (broad SMARTS) is 1. The number of carboxylic acids is 1. The summed E-state index contributed by atoms with van der Waals surface area (Å²) in [7, 11) is 1.88. The van der Waals surface area contributed by atoms with Gasteiger partial charge in [0.15, 0.2) is 0 Å². The van der Waals surface area contributed by atoms with Gasteiger partial charge in [-0.2, -0.15) is 5.26 Å². The van der Waals surface area contributed by atoms with Crippen LogP contribution in [0.2, 0.25) is 0 Å². The number of halogens is 1. The minimum absolute atomic E-state index is 0.0885. The molecule has 0 aliphatic carbocycles. The predicted octanol–water partition coefficient (Wildman–Crippen LogP) is 2.70. The van der Waals surface area contributed by atoms with Gasteiger partial charge in [-0.3, -0.25) is 9.69 Å². The Bertz CT molecular complexity index is 585. The maximum Gasteiger partial charge on any atom is 0.317 e. The van der Waals surface area contributed by atoms with Crippen LogP contribution >= 0.6 is 15.9 Å². The van der Waals surface area contributed by atoms with E-state index in [0.717, 1.165) is 42.5 Å². The number of anilines is 1. The summed E-state index contributed by atoms with van der Waals surface area (Å²) in [6.45, 7) is 1.92. The van der Waals surface area contributed by atoms with Crippen LogP contribution in [0, 0.1) is 11.3 Å². The summed E-state index contributed by atoms with van der Waals surface area (Å²) in [5.41, 5.74) is 1.74. The number of rotatable bonds is 4. The van der Waals surface area contributed by atoms with Gasteiger partial charge in [-0.15, -0.1) is 0 Å². The van der Waals surface area contributed by atoms with Gasteiger partial charge in [0.1, 0.15) is 0 Å². The van der Waals surface area contributed by atoms with Gasteiger partial charge in [-0.1, -0.05) is 0 Å². The van der Waals surface area contributed by atoms with E-state index < -0.39 is 5.97 Å². The van der Waals surface area contributed by atoms with Gasteiger partial charge in [0.25, 0.3) is 0 Å². The third-order valence-electron chi connectivity index (χ3n) is 4.12. The zero-order valence-corrected chi connectivity index (χ0v) is 14.2. The molecule has 0 saturated carbocycles. The molecule has 0 bridgehead atoms. The molecule has 1 aromatic carbocycles. The van der Waals surface area contributed by atoms with Crippen molar-refractivity contribution >= 4 is 27.6 Å². The van der Waals surface area contributed by atoms with E-state index in [0.29, 0.717) is 11.6 Å². The van der Waals surface area contributed by atoms with Crippen LogP contribution in [-0.4, -0.2) is 48.7 Å². The largest absolute Gasteiger partial charge is 0.480 e. The highest BCUT2D eigenvalue weighted by atomic mass is 79.9. The summed E-state index contributed by atoms with van der Waals surface area (Å²) in [5.74, 6) is -0.779. The highest BCUT2D eigenvalue weighted by Crippen LogP contribution is 2.29. The SMILES string of the molecule is CN(CC(=O)O)C1CCCN(c2ccc(C#N)cc2Br)CC1. The van der Waals surface area contributed by atoms with Crippen LogP contribution in [0.3, 0.4) is 0 Å². The second-order valence-electron chi connectivity index (χ2n) is 5.66. The summed E-state index contributed by atoms with van der Waals surface area (Å²) < 4.78 is 0.934. The maximum absolute atomic E-state index is 10.8. The molecule has 1 heterocycles. The van der Waals surface area contributed by atoms with Crippen LogP contribution < -0.4 is 4.90 Å². The fourth-order valence-corrected chi connectivity index (χ4v) is 3.57. The third-order valence-corrected chi connectivity index (χ3v) is 4.76. The molecule has 6 heteroatoms. The molecule has 22 heavy (non-hydrogen) atoms. The number of nitriles is 1. The van der Waals surface area contributed by atoms with Crippen LogP contribution in [0.5, 0.6) is 0 Å². The van der Waals surface area contributed by atoms with Gasteiger partial charge in [-0.05, 0) is 60.4 Å². The number of hydrogen-bond donors (Lipinski definition) is 1. The first-order valence-electron chi connectivity index (χ1n) is 7.38. The van der Waals surface area contributed by atoms with E-state index in [1.54, 1.807) is 0 Å². The monoisotopic (exact) mass is 365 g/mol. The number of nitrogens with zero attached hydrogens (tertiary/aromatic N) is 3.